The third-order valence-corrected chi connectivity index (χ3v) is 1.86. The van der Waals surface area contributed by atoms with Gasteiger partial charge in [0.25, 0.3) is 0 Å². The summed E-state index contributed by atoms with van der Waals surface area (Å²) in [4.78, 5) is 4.43. The van der Waals surface area contributed by atoms with Crippen LogP contribution in [-0.2, 0) is 4.74 Å². The van der Waals surface area contributed by atoms with Gasteiger partial charge in [-0.25, -0.2) is 0 Å². The van der Waals surface area contributed by atoms with Gasteiger partial charge in [0.05, 0.1) is 0 Å². The molecule has 0 amide bonds. The van der Waals surface area contributed by atoms with Gasteiger partial charge in [0.1, 0.15) is 0 Å². The molecule has 16 heavy (non-hydrogen) atoms. The molecule has 4 nitrogen and oxygen atoms in total. The smallest absolute Gasteiger partial charge is 0.191 e. The first-order valence-corrected chi connectivity index (χ1v) is 6.30. The zero-order valence-electron chi connectivity index (χ0n) is 11.2. The quantitative estimate of drug-likeness (QED) is 0.378. The van der Waals surface area contributed by atoms with Gasteiger partial charge >= 0.3 is 0 Å². The first-order valence-electron chi connectivity index (χ1n) is 6.30. The summed E-state index contributed by atoms with van der Waals surface area (Å²) in [5.74, 6) is 1.51. The third-order valence-electron chi connectivity index (χ3n) is 1.86. The van der Waals surface area contributed by atoms with E-state index in [1.54, 1.807) is 0 Å². The molecule has 0 spiro atoms. The lowest BCUT2D eigenvalue weighted by atomic mass is 10.2. The Bertz CT molecular complexity index is 173. The van der Waals surface area contributed by atoms with Crippen molar-refractivity contribution in [3.63, 3.8) is 0 Å². The fraction of sp³-hybridized carbons (Fsp3) is 0.917. The number of ether oxygens (including phenoxy) is 1. The van der Waals surface area contributed by atoms with Crippen LogP contribution < -0.4 is 10.6 Å². The Labute approximate surface area is 99.9 Å². The molecule has 0 aromatic heterocycles. The molecule has 0 aliphatic heterocycles. The van der Waals surface area contributed by atoms with E-state index < -0.39 is 0 Å². The molecule has 0 atom stereocenters. The van der Waals surface area contributed by atoms with Crippen LogP contribution in [0.4, 0.5) is 0 Å². The molecule has 96 valence electrons. The standard InChI is InChI=1S/C12H27N3O/c1-5-13-12(14-6-2)15-8-7-9-16-10-11(3)4/h11H,5-10H2,1-4H3,(H2,13,14,15). The van der Waals surface area contributed by atoms with E-state index in [1.165, 1.54) is 0 Å². The molecule has 0 fully saturated rings. The Morgan fingerprint density at radius 1 is 1.19 bits per heavy atom. The molecule has 2 N–H and O–H groups in total. The van der Waals surface area contributed by atoms with Crippen molar-refractivity contribution in [2.24, 2.45) is 10.9 Å². The maximum Gasteiger partial charge on any atom is 0.191 e. The SMILES string of the molecule is CCNC(=NCCCOCC(C)C)NCC. The summed E-state index contributed by atoms with van der Waals surface area (Å²) in [5.41, 5.74) is 0. The van der Waals surface area contributed by atoms with E-state index in [0.717, 1.165) is 45.2 Å². The van der Waals surface area contributed by atoms with Crippen LogP contribution in [0.2, 0.25) is 0 Å². The molecule has 0 aliphatic rings. The topological polar surface area (TPSA) is 45.7 Å². The molecule has 0 heterocycles. The van der Waals surface area contributed by atoms with Gasteiger partial charge in [0, 0.05) is 32.8 Å². The molecule has 0 unspecified atom stereocenters. The second-order valence-corrected chi connectivity index (χ2v) is 4.11. The summed E-state index contributed by atoms with van der Waals surface area (Å²) in [5, 5.41) is 6.38. The van der Waals surface area contributed by atoms with Crippen molar-refractivity contribution in [1.29, 1.82) is 0 Å². The zero-order valence-corrected chi connectivity index (χ0v) is 11.2. The predicted octanol–water partition coefficient (Wildman–Crippen LogP) is 1.62. The maximum absolute atomic E-state index is 5.49. The first-order chi connectivity index (χ1) is 7.70. The Balaban J connectivity index is 3.53. The lowest BCUT2D eigenvalue weighted by Gasteiger charge is -2.09. The van der Waals surface area contributed by atoms with Crippen molar-refractivity contribution in [3.8, 4) is 0 Å². The molecule has 0 radical (unpaired) electrons. The molecule has 0 bridgehead atoms. The Morgan fingerprint density at radius 2 is 1.81 bits per heavy atom. The van der Waals surface area contributed by atoms with Gasteiger partial charge in [-0.3, -0.25) is 4.99 Å². The van der Waals surface area contributed by atoms with Crippen molar-refractivity contribution < 1.29 is 4.74 Å². The van der Waals surface area contributed by atoms with Crippen molar-refractivity contribution in [1.82, 2.24) is 10.6 Å². The van der Waals surface area contributed by atoms with Gasteiger partial charge < -0.3 is 15.4 Å². The highest BCUT2D eigenvalue weighted by Gasteiger charge is 1.95. The van der Waals surface area contributed by atoms with Crippen LogP contribution >= 0.6 is 0 Å². The van der Waals surface area contributed by atoms with Crippen LogP contribution in [0.3, 0.4) is 0 Å². The molecule has 0 saturated carbocycles. The summed E-state index contributed by atoms with van der Waals surface area (Å²) in [6, 6.07) is 0. The van der Waals surface area contributed by atoms with Crippen LogP contribution in [-0.4, -0.2) is 38.8 Å². The third kappa shape index (κ3) is 9.77. The fourth-order valence-corrected chi connectivity index (χ4v) is 1.19. The Hall–Kier alpha value is -0.770. The van der Waals surface area contributed by atoms with Crippen LogP contribution in [0, 0.1) is 5.92 Å². The number of rotatable bonds is 8. The van der Waals surface area contributed by atoms with Crippen molar-refractivity contribution in [2.75, 3.05) is 32.8 Å². The fourth-order valence-electron chi connectivity index (χ4n) is 1.19. The number of aliphatic imine (C=N–C) groups is 1. The van der Waals surface area contributed by atoms with Gasteiger partial charge in [-0.05, 0) is 26.2 Å². The second kappa shape index (κ2) is 10.7. The molecular formula is C12H27N3O. The molecule has 0 aromatic carbocycles. The minimum Gasteiger partial charge on any atom is -0.381 e. The van der Waals surface area contributed by atoms with Gasteiger partial charge in [-0.15, -0.1) is 0 Å². The minimum absolute atomic E-state index is 0.613. The summed E-state index contributed by atoms with van der Waals surface area (Å²) < 4.78 is 5.49. The monoisotopic (exact) mass is 229 g/mol. The zero-order chi connectivity index (χ0) is 12.2. The van der Waals surface area contributed by atoms with Crippen molar-refractivity contribution in [2.45, 2.75) is 34.1 Å². The van der Waals surface area contributed by atoms with Gasteiger partial charge in [-0.1, -0.05) is 13.8 Å². The highest BCUT2D eigenvalue weighted by molar-refractivity contribution is 5.79. The van der Waals surface area contributed by atoms with E-state index in [4.69, 9.17) is 4.74 Å². The summed E-state index contributed by atoms with van der Waals surface area (Å²) in [7, 11) is 0. The Kier molecular flexibility index (Phi) is 10.2. The molecule has 0 rings (SSSR count). The van der Waals surface area contributed by atoms with E-state index in [1.807, 2.05) is 0 Å². The highest BCUT2D eigenvalue weighted by Crippen LogP contribution is 1.93. The number of nitrogens with one attached hydrogen (secondary N) is 2. The summed E-state index contributed by atoms with van der Waals surface area (Å²) >= 11 is 0. The van der Waals surface area contributed by atoms with Gasteiger partial charge in [0.2, 0.25) is 0 Å². The predicted molar refractivity (Wildman–Crippen MR) is 69.9 cm³/mol. The van der Waals surface area contributed by atoms with Crippen LogP contribution in [0.25, 0.3) is 0 Å². The number of guanidine groups is 1. The number of hydrogen-bond donors (Lipinski definition) is 2. The minimum atomic E-state index is 0.613. The Morgan fingerprint density at radius 3 is 2.31 bits per heavy atom. The number of hydrogen-bond acceptors (Lipinski definition) is 2. The highest BCUT2D eigenvalue weighted by atomic mass is 16.5. The van der Waals surface area contributed by atoms with Crippen LogP contribution in [0.5, 0.6) is 0 Å². The maximum atomic E-state index is 5.49. The van der Waals surface area contributed by atoms with Crippen molar-refractivity contribution >= 4 is 5.96 Å². The molecule has 0 aliphatic carbocycles. The molecule has 0 saturated heterocycles. The van der Waals surface area contributed by atoms with E-state index in [0.29, 0.717) is 5.92 Å². The first kappa shape index (κ1) is 15.2. The normalized spacial score (nSPS) is 10.3. The van der Waals surface area contributed by atoms with Gasteiger partial charge in [-0.2, -0.15) is 0 Å². The van der Waals surface area contributed by atoms with E-state index in [9.17, 15) is 0 Å². The lowest BCUT2D eigenvalue weighted by Crippen LogP contribution is -2.37. The summed E-state index contributed by atoms with van der Waals surface area (Å²) in [6.45, 7) is 12.7. The van der Waals surface area contributed by atoms with Crippen LogP contribution in [0.15, 0.2) is 4.99 Å². The lowest BCUT2D eigenvalue weighted by molar-refractivity contribution is 0.109. The van der Waals surface area contributed by atoms with E-state index >= 15 is 0 Å². The average Bonchev–Trinajstić information content (AvgIpc) is 2.23. The molecular weight excluding hydrogens is 202 g/mol. The second-order valence-electron chi connectivity index (χ2n) is 4.11. The van der Waals surface area contributed by atoms with Crippen molar-refractivity contribution in [3.05, 3.63) is 0 Å². The number of nitrogens with zero attached hydrogens (tertiary/aromatic N) is 1. The van der Waals surface area contributed by atoms with Gasteiger partial charge in [0.15, 0.2) is 5.96 Å². The summed E-state index contributed by atoms with van der Waals surface area (Å²) in [6.07, 6.45) is 0.979. The van der Waals surface area contributed by atoms with Crippen LogP contribution in [0.1, 0.15) is 34.1 Å². The average molecular weight is 229 g/mol. The largest absolute Gasteiger partial charge is 0.381 e. The molecule has 0 aromatic rings. The van der Waals surface area contributed by atoms with E-state index in [-0.39, 0.29) is 0 Å². The molecule has 4 heteroatoms. The van der Waals surface area contributed by atoms with E-state index in [2.05, 4.69) is 43.3 Å².